The SMILES string of the molecule is CCCOc1ccc(C(C)NC(=O)CCn2c(C)nc3ccccc3c2=O)cc1OCCC. The van der Waals surface area contributed by atoms with E-state index >= 15 is 0 Å². The Balaban J connectivity index is 1.67. The molecule has 0 spiro atoms. The first-order valence-electron chi connectivity index (χ1n) is 11.6. The lowest BCUT2D eigenvalue weighted by atomic mass is 10.1. The van der Waals surface area contributed by atoms with Crippen LogP contribution in [0.3, 0.4) is 0 Å². The fourth-order valence-corrected chi connectivity index (χ4v) is 3.60. The maximum atomic E-state index is 12.8. The summed E-state index contributed by atoms with van der Waals surface area (Å²) in [5.74, 6) is 1.86. The van der Waals surface area contributed by atoms with E-state index in [-0.39, 0.29) is 30.5 Å². The molecule has 0 aliphatic heterocycles. The summed E-state index contributed by atoms with van der Waals surface area (Å²) < 4.78 is 13.2. The number of nitrogens with zero attached hydrogens (tertiary/aromatic N) is 2. The molecule has 0 aliphatic carbocycles. The van der Waals surface area contributed by atoms with Crippen LogP contribution in [0.5, 0.6) is 11.5 Å². The van der Waals surface area contributed by atoms with Gasteiger partial charge in [-0.3, -0.25) is 14.2 Å². The molecule has 33 heavy (non-hydrogen) atoms. The van der Waals surface area contributed by atoms with Crippen molar-refractivity contribution in [3.05, 3.63) is 64.2 Å². The van der Waals surface area contributed by atoms with Crippen molar-refractivity contribution in [2.45, 2.75) is 59.5 Å². The number of nitrogens with one attached hydrogen (secondary N) is 1. The van der Waals surface area contributed by atoms with Crippen LogP contribution in [0, 0.1) is 6.92 Å². The molecule has 7 heteroatoms. The Labute approximate surface area is 194 Å². The Hall–Kier alpha value is -3.35. The van der Waals surface area contributed by atoms with E-state index in [4.69, 9.17) is 9.47 Å². The van der Waals surface area contributed by atoms with Crippen LogP contribution in [-0.2, 0) is 11.3 Å². The van der Waals surface area contributed by atoms with Gasteiger partial charge in [0, 0.05) is 13.0 Å². The number of para-hydroxylation sites is 1. The lowest BCUT2D eigenvalue weighted by molar-refractivity contribution is -0.122. The van der Waals surface area contributed by atoms with Gasteiger partial charge in [-0.05, 0) is 56.5 Å². The van der Waals surface area contributed by atoms with Gasteiger partial charge < -0.3 is 14.8 Å². The number of carbonyl (C=O) groups is 1. The highest BCUT2D eigenvalue weighted by Gasteiger charge is 2.15. The third kappa shape index (κ3) is 6.12. The number of ether oxygens (including phenoxy) is 2. The maximum Gasteiger partial charge on any atom is 0.261 e. The number of benzene rings is 2. The molecule has 3 rings (SSSR count). The minimum Gasteiger partial charge on any atom is -0.490 e. The topological polar surface area (TPSA) is 82.5 Å². The fourth-order valence-electron chi connectivity index (χ4n) is 3.60. The van der Waals surface area contributed by atoms with Crippen molar-refractivity contribution in [2.75, 3.05) is 13.2 Å². The molecule has 0 saturated carbocycles. The number of aryl methyl sites for hydroxylation is 1. The molecular weight excluding hydrogens is 418 g/mol. The zero-order chi connectivity index (χ0) is 23.8. The summed E-state index contributed by atoms with van der Waals surface area (Å²) in [4.78, 5) is 29.9. The standard InChI is InChI=1S/C26H33N3O4/c1-5-15-32-23-12-11-20(17-24(23)33-16-6-2)18(3)27-25(30)13-14-29-19(4)28-22-10-8-7-9-21(22)26(29)31/h7-12,17-18H,5-6,13-16H2,1-4H3,(H,27,30). The summed E-state index contributed by atoms with van der Waals surface area (Å²) in [5.41, 5.74) is 1.47. The highest BCUT2D eigenvalue weighted by atomic mass is 16.5. The molecule has 0 fully saturated rings. The van der Waals surface area contributed by atoms with Crippen LogP contribution in [-0.4, -0.2) is 28.7 Å². The van der Waals surface area contributed by atoms with Gasteiger partial charge in [-0.1, -0.05) is 32.0 Å². The Bertz CT molecular complexity index is 1160. The molecule has 0 saturated heterocycles. The molecule has 1 heterocycles. The van der Waals surface area contributed by atoms with Crippen LogP contribution in [0.15, 0.2) is 47.3 Å². The molecule has 0 radical (unpaired) electrons. The Morgan fingerprint density at radius 3 is 2.48 bits per heavy atom. The Kier molecular flexibility index (Phi) is 8.46. The number of fused-ring (bicyclic) bond motifs is 1. The van der Waals surface area contributed by atoms with Crippen molar-refractivity contribution in [3.63, 3.8) is 0 Å². The van der Waals surface area contributed by atoms with Gasteiger partial charge >= 0.3 is 0 Å². The van der Waals surface area contributed by atoms with Crippen molar-refractivity contribution in [1.29, 1.82) is 0 Å². The number of rotatable bonds is 11. The summed E-state index contributed by atoms with van der Waals surface area (Å²) in [6.07, 6.45) is 1.99. The van der Waals surface area contributed by atoms with E-state index in [0.717, 1.165) is 18.4 Å². The van der Waals surface area contributed by atoms with Crippen LogP contribution in [0.4, 0.5) is 0 Å². The van der Waals surface area contributed by atoms with Gasteiger partial charge in [0.2, 0.25) is 5.91 Å². The summed E-state index contributed by atoms with van der Waals surface area (Å²) >= 11 is 0. The van der Waals surface area contributed by atoms with Crippen molar-refractivity contribution < 1.29 is 14.3 Å². The van der Waals surface area contributed by atoms with Gasteiger partial charge in [-0.2, -0.15) is 0 Å². The molecule has 1 N–H and O–H groups in total. The summed E-state index contributed by atoms with van der Waals surface area (Å²) in [6, 6.07) is 12.8. The van der Waals surface area contributed by atoms with Crippen LogP contribution in [0.1, 0.15) is 57.5 Å². The first-order chi connectivity index (χ1) is 15.9. The summed E-state index contributed by atoms with van der Waals surface area (Å²) in [7, 11) is 0. The first-order valence-corrected chi connectivity index (χ1v) is 11.6. The van der Waals surface area contributed by atoms with Gasteiger partial charge in [0.15, 0.2) is 11.5 Å². The van der Waals surface area contributed by atoms with E-state index in [1.54, 1.807) is 17.6 Å². The molecule has 1 atom stereocenters. The van der Waals surface area contributed by atoms with E-state index in [1.165, 1.54) is 0 Å². The molecule has 2 aromatic carbocycles. The second kappa shape index (κ2) is 11.5. The minimum atomic E-state index is -0.214. The minimum absolute atomic E-state index is 0.126. The number of carbonyl (C=O) groups excluding carboxylic acids is 1. The normalized spacial score (nSPS) is 11.9. The number of amides is 1. The Morgan fingerprint density at radius 1 is 1.06 bits per heavy atom. The lowest BCUT2D eigenvalue weighted by Gasteiger charge is -2.18. The predicted molar refractivity (Wildman–Crippen MR) is 130 cm³/mol. The highest BCUT2D eigenvalue weighted by molar-refractivity contribution is 5.78. The van der Waals surface area contributed by atoms with Crippen LogP contribution >= 0.6 is 0 Å². The van der Waals surface area contributed by atoms with Gasteiger partial charge in [0.25, 0.3) is 5.56 Å². The van der Waals surface area contributed by atoms with Crippen molar-refractivity contribution in [1.82, 2.24) is 14.9 Å². The second-order valence-electron chi connectivity index (χ2n) is 8.08. The average molecular weight is 452 g/mol. The molecule has 7 nitrogen and oxygen atoms in total. The van der Waals surface area contributed by atoms with Gasteiger partial charge in [0.1, 0.15) is 5.82 Å². The summed E-state index contributed by atoms with van der Waals surface area (Å²) in [6.45, 7) is 9.32. The van der Waals surface area contributed by atoms with E-state index < -0.39 is 0 Å². The smallest absolute Gasteiger partial charge is 0.261 e. The zero-order valence-corrected chi connectivity index (χ0v) is 19.9. The van der Waals surface area contributed by atoms with Crippen LogP contribution in [0.25, 0.3) is 10.9 Å². The first kappa shape index (κ1) is 24.3. The molecule has 3 aromatic rings. The van der Waals surface area contributed by atoms with Gasteiger partial charge in [-0.25, -0.2) is 4.98 Å². The van der Waals surface area contributed by atoms with Crippen molar-refractivity contribution in [2.24, 2.45) is 0 Å². The quantitative estimate of drug-likeness (QED) is 0.462. The molecule has 0 bridgehead atoms. The third-order valence-corrected chi connectivity index (χ3v) is 5.38. The molecule has 1 unspecified atom stereocenters. The summed E-state index contributed by atoms with van der Waals surface area (Å²) in [5, 5.41) is 3.57. The highest BCUT2D eigenvalue weighted by Crippen LogP contribution is 2.31. The van der Waals surface area contributed by atoms with E-state index in [0.29, 0.717) is 41.4 Å². The van der Waals surface area contributed by atoms with Crippen LogP contribution in [0.2, 0.25) is 0 Å². The monoisotopic (exact) mass is 451 g/mol. The molecular formula is C26H33N3O4. The zero-order valence-electron chi connectivity index (χ0n) is 19.9. The van der Waals surface area contributed by atoms with E-state index in [1.807, 2.05) is 43.3 Å². The molecule has 176 valence electrons. The third-order valence-electron chi connectivity index (χ3n) is 5.38. The predicted octanol–water partition coefficient (Wildman–Crippen LogP) is 4.55. The van der Waals surface area contributed by atoms with Gasteiger partial charge in [-0.15, -0.1) is 0 Å². The van der Waals surface area contributed by atoms with Crippen LogP contribution < -0.4 is 20.3 Å². The maximum absolute atomic E-state index is 12.8. The van der Waals surface area contributed by atoms with Gasteiger partial charge in [0.05, 0.1) is 30.2 Å². The fraction of sp³-hybridized carbons (Fsp3) is 0.423. The molecule has 1 amide bonds. The number of hydrogen-bond acceptors (Lipinski definition) is 5. The van der Waals surface area contributed by atoms with Crippen molar-refractivity contribution >= 4 is 16.8 Å². The number of hydrogen-bond donors (Lipinski definition) is 1. The van der Waals surface area contributed by atoms with Crippen molar-refractivity contribution in [3.8, 4) is 11.5 Å². The molecule has 1 aromatic heterocycles. The van der Waals surface area contributed by atoms with E-state index in [9.17, 15) is 9.59 Å². The Morgan fingerprint density at radius 2 is 1.76 bits per heavy atom. The number of aromatic nitrogens is 2. The van der Waals surface area contributed by atoms with E-state index in [2.05, 4.69) is 24.1 Å². The largest absolute Gasteiger partial charge is 0.490 e. The lowest BCUT2D eigenvalue weighted by Crippen LogP contribution is -2.30. The average Bonchev–Trinajstić information content (AvgIpc) is 2.81. The second-order valence-corrected chi connectivity index (χ2v) is 8.08. The molecule has 0 aliphatic rings.